The summed E-state index contributed by atoms with van der Waals surface area (Å²) in [5.41, 5.74) is 4.88. The second-order valence-corrected chi connectivity index (χ2v) is 6.25. The number of para-hydroxylation sites is 2. The number of thiophene rings is 1. The molecule has 1 aromatic carbocycles. The van der Waals surface area contributed by atoms with E-state index >= 15 is 0 Å². The van der Waals surface area contributed by atoms with Gasteiger partial charge in [0.2, 0.25) is 0 Å². The van der Waals surface area contributed by atoms with E-state index in [2.05, 4.69) is 50.4 Å². The number of hydrogen-bond acceptors (Lipinski definition) is 6. The van der Waals surface area contributed by atoms with Gasteiger partial charge < -0.3 is 5.32 Å². The second-order valence-electron chi connectivity index (χ2n) is 5.51. The van der Waals surface area contributed by atoms with Crippen molar-refractivity contribution in [1.29, 1.82) is 0 Å². The maximum absolute atomic E-state index is 5.64. The number of piperazine rings is 1. The van der Waals surface area contributed by atoms with E-state index < -0.39 is 0 Å². The normalized spacial score (nSPS) is 18.8. The largest absolute Gasteiger partial charge is 0.314 e. The molecule has 22 heavy (non-hydrogen) atoms. The third-order valence-electron chi connectivity index (χ3n) is 4.24. The van der Waals surface area contributed by atoms with Crippen LogP contribution in [0.5, 0.6) is 0 Å². The molecule has 5 nitrogen and oxygen atoms in total. The van der Waals surface area contributed by atoms with Gasteiger partial charge in [0, 0.05) is 37.1 Å². The number of anilines is 3. The molecule has 1 aromatic heterocycles. The van der Waals surface area contributed by atoms with Gasteiger partial charge in [-0.1, -0.05) is 12.1 Å². The number of nitrogens with zero attached hydrogens (tertiary/aromatic N) is 3. The lowest BCUT2D eigenvalue weighted by molar-refractivity contribution is 0.163. The van der Waals surface area contributed by atoms with Crippen LogP contribution in [0.15, 0.2) is 35.0 Å². The van der Waals surface area contributed by atoms with Crippen LogP contribution in [0, 0.1) is 0 Å². The third kappa shape index (κ3) is 2.28. The summed E-state index contributed by atoms with van der Waals surface area (Å²) in [7, 11) is 1.74. The predicted octanol–water partition coefficient (Wildman–Crippen LogP) is 2.59. The molecule has 1 saturated heterocycles. The van der Waals surface area contributed by atoms with E-state index in [4.69, 9.17) is 4.84 Å². The Morgan fingerprint density at radius 2 is 1.82 bits per heavy atom. The van der Waals surface area contributed by atoms with Gasteiger partial charge in [0.25, 0.3) is 0 Å². The summed E-state index contributed by atoms with van der Waals surface area (Å²) in [5, 5.41) is 14.7. The maximum Gasteiger partial charge on any atom is 0.0892 e. The summed E-state index contributed by atoms with van der Waals surface area (Å²) < 4.78 is 0. The van der Waals surface area contributed by atoms with E-state index in [-0.39, 0.29) is 0 Å². The zero-order valence-corrected chi connectivity index (χ0v) is 13.5. The summed E-state index contributed by atoms with van der Waals surface area (Å²) in [4.78, 5) is 5.64. The number of rotatable bonds is 2. The Labute approximate surface area is 134 Å². The molecule has 1 fully saturated rings. The average Bonchev–Trinajstić information content (AvgIpc) is 2.97. The van der Waals surface area contributed by atoms with Crippen LogP contribution in [-0.2, 0) is 11.4 Å². The Bertz CT molecular complexity index is 653. The minimum absolute atomic E-state index is 0.773. The molecule has 2 aliphatic heterocycles. The van der Waals surface area contributed by atoms with Gasteiger partial charge in [-0.05, 0) is 17.5 Å². The first kappa shape index (κ1) is 14.0. The van der Waals surface area contributed by atoms with Gasteiger partial charge in [0.05, 0.1) is 30.7 Å². The van der Waals surface area contributed by atoms with Crippen LogP contribution in [0.2, 0.25) is 0 Å². The molecule has 2 aromatic rings. The summed E-state index contributed by atoms with van der Waals surface area (Å²) >= 11 is 1.75. The molecule has 6 heteroatoms. The minimum atomic E-state index is 0.773. The molecule has 0 spiro atoms. The van der Waals surface area contributed by atoms with Crippen molar-refractivity contribution in [3.05, 3.63) is 40.6 Å². The smallest absolute Gasteiger partial charge is 0.0892 e. The molecule has 0 saturated carbocycles. The molecular weight excluding hydrogens is 296 g/mol. The van der Waals surface area contributed by atoms with E-state index in [1.54, 1.807) is 18.4 Å². The molecule has 0 radical (unpaired) electrons. The van der Waals surface area contributed by atoms with Crippen LogP contribution in [0.4, 0.5) is 17.1 Å². The van der Waals surface area contributed by atoms with E-state index in [0.29, 0.717) is 0 Å². The molecule has 2 aliphatic rings. The number of hydrazine groups is 1. The van der Waals surface area contributed by atoms with E-state index in [0.717, 1.165) is 38.4 Å². The van der Waals surface area contributed by atoms with Gasteiger partial charge >= 0.3 is 0 Å². The van der Waals surface area contributed by atoms with Crippen molar-refractivity contribution in [1.82, 2.24) is 10.3 Å². The van der Waals surface area contributed by atoms with Crippen molar-refractivity contribution < 1.29 is 4.84 Å². The Kier molecular flexibility index (Phi) is 3.75. The molecule has 0 amide bonds. The van der Waals surface area contributed by atoms with Crippen molar-refractivity contribution in [2.75, 3.05) is 43.4 Å². The predicted molar refractivity (Wildman–Crippen MR) is 90.5 cm³/mol. The molecule has 0 atom stereocenters. The Balaban J connectivity index is 1.86. The van der Waals surface area contributed by atoms with Crippen molar-refractivity contribution in [3.63, 3.8) is 0 Å². The Morgan fingerprint density at radius 3 is 2.59 bits per heavy atom. The molecule has 0 aliphatic carbocycles. The molecule has 0 bridgehead atoms. The van der Waals surface area contributed by atoms with Gasteiger partial charge in [-0.2, -0.15) is 0 Å². The third-order valence-corrected chi connectivity index (χ3v) is 5.02. The summed E-state index contributed by atoms with van der Waals surface area (Å²) in [6, 6.07) is 8.47. The van der Waals surface area contributed by atoms with Gasteiger partial charge in [-0.25, -0.2) is 10.1 Å². The highest BCUT2D eigenvalue weighted by Gasteiger charge is 2.30. The van der Waals surface area contributed by atoms with Crippen LogP contribution in [0.1, 0.15) is 5.56 Å². The summed E-state index contributed by atoms with van der Waals surface area (Å²) in [6.45, 7) is 4.83. The zero-order valence-electron chi connectivity index (χ0n) is 12.7. The molecular formula is C16H20N4OS. The molecule has 116 valence electrons. The van der Waals surface area contributed by atoms with Crippen molar-refractivity contribution in [3.8, 4) is 0 Å². The lowest BCUT2D eigenvalue weighted by Crippen LogP contribution is -2.50. The fourth-order valence-corrected chi connectivity index (χ4v) is 3.97. The van der Waals surface area contributed by atoms with Crippen LogP contribution < -0.4 is 15.4 Å². The number of fused-ring (bicyclic) bond motifs is 2. The topological polar surface area (TPSA) is 31.0 Å². The molecule has 3 heterocycles. The zero-order chi connectivity index (χ0) is 14.9. The minimum Gasteiger partial charge on any atom is -0.314 e. The maximum atomic E-state index is 5.64. The summed E-state index contributed by atoms with van der Waals surface area (Å²) in [5.74, 6) is 0. The van der Waals surface area contributed by atoms with Crippen molar-refractivity contribution in [2.24, 2.45) is 0 Å². The quantitative estimate of drug-likeness (QED) is 0.920. The number of hydrogen-bond donors (Lipinski definition) is 1. The molecule has 0 unspecified atom stereocenters. The van der Waals surface area contributed by atoms with E-state index in [1.165, 1.54) is 16.9 Å². The second kappa shape index (κ2) is 5.89. The Morgan fingerprint density at radius 1 is 1.05 bits per heavy atom. The van der Waals surface area contributed by atoms with E-state index in [1.807, 2.05) is 5.06 Å². The number of hydroxylamine groups is 1. The molecule has 1 N–H and O–H groups in total. The average molecular weight is 316 g/mol. The highest BCUT2D eigenvalue weighted by Crippen LogP contribution is 2.42. The van der Waals surface area contributed by atoms with Gasteiger partial charge in [-0.15, -0.1) is 11.3 Å². The first-order valence-electron chi connectivity index (χ1n) is 7.60. The van der Waals surface area contributed by atoms with Gasteiger partial charge in [-0.3, -0.25) is 9.85 Å². The monoisotopic (exact) mass is 316 g/mol. The van der Waals surface area contributed by atoms with Gasteiger partial charge in [0.15, 0.2) is 0 Å². The Hall–Kier alpha value is -1.60. The fraction of sp³-hybridized carbons (Fsp3) is 0.375. The highest BCUT2D eigenvalue weighted by atomic mass is 32.1. The first-order chi connectivity index (χ1) is 10.9. The fourth-order valence-electron chi connectivity index (χ4n) is 3.17. The summed E-state index contributed by atoms with van der Waals surface area (Å²) in [6.07, 6.45) is 0. The SMILES string of the molecule is CON1Cc2cscc2N(N2CCNCC2)c2ccccc21. The van der Waals surface area contributed by atoms with Crippen LogP contribution in [-0.4, -0.2) is 38.3 Å². The van der Waals surface area contributed by atoms with E-state index in [9.17, 15) is 0 Å². The van der Waals surface area contributed by atoms with Crippen LogP contribution >= 0.6 is 11.3 Å². The van der Waals surface area contributed by atoms with Gasteiger partial charge in [0.1, 0.15) is 0 Å². The lowest BCUT2D eigenvalue weighted by Gasteiger charge is -2.39. The standard InChI is InChI=1S/C16H20N4OS/c1-21-19-10-13-11-22-12-16(13)20(18-8-6-17-7-9-18)15-5-3-2-4-14(15)19/h2-5,11-12,17H,6-10H2,1H3. The van der Waals surface area contributed by atoms with Crippen molar-refractivity contribution in [2.45, 2.75) is 6.54 Å². The molecule has 4 rings (SSSR count). The van der Waals surface area contributed by atoms with Crippen LogP contribution in [0.25, 0.3) is 0 Å². The number of nitrogens with one attached hydrogen (secondary N) is 1. The number of benzene rings is 1. The lowest BCUT2D eigenvalue weighted by atomic mass is 10.2. The van der Waals surface area contributed by atoms with Crippen LogP contribution in [0.3, 0.4) is 0 Å². The first-order valence-corrected chi connectivity index (χ1v) is 8.54. The van der Waals surface area contributed by atoms with Crippen molar-refractivity contribution >= 4 is 28.4 Å². The highest BCUT2D eigenvalue weighted by molar-refractivity contribution is 7.08.